The first kappa shape index (κ1) is 15.3. The van der Waals surface area contributed by atoms with Crippen LogP contribution in [0.4, 0.5) is 5.69 Å². The van der Waals surface area contributed by atoms with E-state index in [1.165, 1.54) is 10.4 Å². The van der Waals surface area contributed by atoms with Crippen molar-refractivity contribution in [1.82, 2.24) is 4.31 Å². The third-order valence-corrected chi connectivity index (χ3v) is 4.90. The molecular formula is C12H19ClN2O2S. The number of halogens is 1. The molecule has 0 saturated carbocycles. The summed E-state index contributed by atoms with van der Waals surface area (Å²) >= 11 is 5.93. The Morgan fingerprint density at radius 3 is 2.39 bits per heavy atom. The Kier molecular flexibility index (Phi) is 4.64. The quantitative estimate of drug-likeness (QED) is 0.867. The largest absolute Gasteiger partial charge is 0.397 e. The van der Waals surface area contributed by atoms with Gasteiger partial charge in [-0.25, -0.2) is 12.7 Å². The number of nitrogen functional groups attached to an aromatic ring is 1. The van der Waals surface area contributed by atoms with Crippen LogP contribution in [-0.4, -0.2) is 26.3 Å². The molecule has 1 aromatic rings. The maximum absolute atomic E-state index is 12.3. The molecule has 0 aliphatic heterocycles. The minimum Gasteiger partial charge on any atom is -0.397 e. The van der Waals surface area contributed by atoms with Crippen LogP contribution in [0.3, 0.4) is 0 Å². The molecule has 0 atom stereocenters. The molecule has 0 amide bonds. The summed E-state index contributed by atoms with van der Waals surface area (Å²) < 4.78 is 26.0. The van der Waals surface area contributed by atoms with Crippen LogP contribution in [0.2, 0.25) is 5.02 Å². The van der Waals surface area contributed by atoms with E-state index in [1.807, 2.05) is 13.8 Å². The topological polar surface area (TPSA) is 63.4 Å². The lowest BCUT2D eigenvalue weighted by molar-refractivity contribution is 0.417. The Labute approximate surface area is 114 Å². The molecule has 0 radical (unpaired) electrons. The number of aryl methyl sites for hydroxylation is 1. The molecule has 0 aliphatic rings. The number of sulfonamides is 1. The highest BCUT2D eigenvalue weighted by Gasteiger charge is 2.22. The maximum atomic E-state index is 12.3. The molecule has 0 unspecified atom stereocenters. The third-order valence-electron chi connectivity index (χ3n) is 2.59. The first-order chi connectivity index (χ1) is 8.16. The summed E-state index contributed by atoms with van der Waals surface area (Å²) in [5.74, 6) is 0.260. The van der Waals surface area contributed by atoms with E-state index in [2.05, 4.69) is 0 Å². The van der Waals surface area contributed by atoms with Crippen molar-refractivity contribution in [2.45, 2.75) is 25.7 Å². The molecule has 4 nitrogen and oxygen atoms in total. The Morgan fingerprint density at radius 1 is 1.39 bits per heavy atom. The van der Waals surface area contributed by atoms with Gasteiger partial charge in [-0.2, -0.15) is 0 Å². The summed E-state index contributed by atoms with van der Waals surface area (Å²) in [7, 11) is -1.94. The van der Waals surface area contributed by atoms with Crippen molar-refractivity contribution < 1.29 is 8.42 Å². The Hall–Kier alpha value is -0.780. The lowest BCUT2D eigenvalue weighted by Gasteiger charge is -2.20. The molecule has 1 rings (SSSR count). The summed E-state index contributed by atoms with van der Waals surface area (Å²) in [5.41, 5.74) is 6.65. The molecule has 0 aromatic heterocycles. The second kappa shape index (κ2) is 5.47. The molecule has 0 fully saturated rings. The van der Waals surface area contributed by atoms with E-state index in [0.717, 1.165) is 0 Å². The van der Waals surface area contributed by atoms with Crippen molar-refractivity contribution >= 4 is 27.3 Å². The smallest absolute Gasteiger partial charge is 0.242 e. The van der Waals surface area contributed by atoms with Gasteiger partial charge in [0.25, 0.3) is 0 Å². The monoisotopic (exact) mass is 290 g/mol. The van der Waals surface area contributed by atoms with E-state index in [1.54, 1.807) is 20.0 Å². The van der Waals surface area contributed by atoms with Gasteiger partial charge in [0, 0.05) is 13.6 Å². The zero-order valence-corrected chi connectivity index (χ0v) is 12.6. The van der Waals surface area contributed by atoms with E-state index in [9.17, 15) is 8.42 Å². The van der Waals surface area contributed by atoms with Crippen molar-refractivity contribution in [2.24, 2.45) is 5.92 Å². The number of benzene rings is 1. The molecule has 0 spiro atoms. The van der Waals surface area contributed by atoms with Crippen molar-refractivity contribution in [3.05, 3.63) is 22.7 Å². The van der Waals surface area contributed by atoms with Gasteiger partial charge in [0.1, 0.15) is 0 Å². The van der Waals surface area contributed by atoms with E-state index in [0.29, 0.717) is 17.1 Å². The number of hydrogen-bond acceptors (Lipinski definition) is 3. The number of nitrogens with two attached hydrogens (primary N) is 1. The number of rotatable bonds is 4. The predicted molar refractivity (Wildman–Crippen MR) is 75.3 cm³/mol. The number of hydrogen-bond donors (Lipinski definition) is 1. The Morgan fingerprint density at radius 2 is 1.94 bits per heavy atom. The summed E-state index contributed by atoms with van der Waals surface area (Å²) in [4.78, 5) is 0.185. The fourth-order valence-electron chi connectivity index (χ4n) is 1.70. The number of anilines is 1. The first-order valence-electron chi connectivity index (χ1n) is 5.68. The van der Waals surface area contributed by atoms with Gasteiger partial charge in [-0.1, -0.05) is 25.4 Å². The second-order valence-electron chi connectivity index (χ2n) is 4.82. The minimum absolute atomic E-state index is 0.185. The van der Waals surface area contributed by atoms with Crippen molar-refractivity contribution in [2.75, 3.05) is 19.3 Å². The van der Waals surface area contributed by atoms with Crippen LogP contribution in [0.25, 0.3) is 0 Å². The van der Waals surface area contributed by atoms with Gasteiger partial charge in [0.05, 0.1) is 15.6 Å². The van der Waals surface area contributed by atoms with Crippen LogP contribution in [-0.2, 0) is 10.0 Å². The minimum atomic E-state index is -3.50. The predicted octanol–water partition coefficient (Wildman–Crippen LogP) is 2.51. The molecule has 6 heteroatoms. The third kappa shape index (κ3) is 3.16. The molecule has 0 saturated heterocycles. The van der Waals surface area contributed by atoms with Crippen LogP contribution in [0.1, 0.15) is 19.4 Å². The van der Waals surface area contributed by atoms with Gasteiger partial charge in [0.15, 0.2) is 0 Å². The Balaban J connectivity index is 3.21. The van der Waals surface area contributed by atoms with Crippen molar-refractivity contribution in [3.8, 4) is 0 Å². The summed E-state index contributed by atoms with van der Waals surface area (Å²) in [6.07, 6.45) is 0. The maximum Gasteiger partial charge on any atom is 0.242 e. The molecule has 2 N–H and O–H groups in total. The van der Waals surface area contributed by atoms with E-state index < -0.39 is 10.0 Å². The molecule has 1 aromatic carbocycles. The zero-order chi connectivity index (χ0) is 14.1. The highest BCUT2D eigenvalue weighted by molar-refractivity contribution is 7.89. The fourth-order valence-corrected chi connectivity index (χ4v) is 3.27. The molecular weight excluding hydrogens is 272 g/mol. The lowest BCUT2D eigenvalue weighted by atomic mass is 10.2. The van der Waals surface area contributed by atoms with Crippen LogP contribution in [0.5, 0.6) is 0 Å². The second-order valence-corrected chi connectivity index (χ2v) is 7.25. The average molecular weight is 291 g/mol. The molecule has 0 bridgehead atoms. The Bertz CT molecular complexity index is 518. The molecule has 0 heterocycles. The van der Waals surface area contributed by atoms with Crippen molar-refractivity contribution in [1.29, 1.82) is 0 Å². The SMILES string of the molecule is Cc1cc(S(=O)(=O)N(C)CC(C)C)cc(N)c1Cl. The fraction of sp³-hybridized carbons (Fsp3) is 0.500. The van der Waals surface area contributed by atoms with Crippen LogP contribution in [0.15, 0.2) is 17.0 Å². The lowest BCUT2D eigenvalue weighted by Crippen LogP contribution is -2.30. The van der Waals surface area contributed by atoms with Crippen LogP contribution < -0.4 is 5.73 Å². The highest BCUT2D eigenvalue weighted by atomic mass is 35.5. The molecule has 102 valence electrons. The van der Waals surface area contributed by atoms with E-state index in [-0.39, 0.29) is 16.5 Å². The summed E-state index contributed by atoms with van der Waals surface area (Å²) in [6, 6.07) is 2.95. The van der Waals surface area contributed by atoms with Gasteiger partial charge >= 0.3 is 0 Å². The van der Waals surface area contributed by atoms with Gasteiger partial charge < -0.3 is 5.73 Å². The standard InChI is InChI=1S/C12H19ClN2O2S/c1-8(2)7-15(4)18(16,17)10-5-9(3)12(13)11(14)6-10/h5-6,8H,7,14H2,1-4H3. The normalized spacial score (nSPS) is 12.4. The first-order valence-corrected chi connectivity index (χ1v) is 7.50. The summed E-state index contributed by atoms with van der Waals surface area (Å²) in [6.45, 7) is 6.13. The molecule has 0 aliphatic carbocycles. The van der Waals surface area contributed by atoms with Gasteiger partial charge in [0.2, 0.25) is 10.0 Å². The zero-order valence-electron chi connectivity index (χ0n) is 11.1. The van der Waals surface area contributed by atoms with E-state index in [4.69, 9.17) is 17.3 Å². The molecule has 18 heavy (non-hydrogen) atoms. The van der Waals surface area contributed by atoms with Gasteiger partial charge in [-0.15, -0.1) is 0 Å². The van der Waals surface area contributed by atoms with Crippen LogP contribution >= 0.6 is 11.6 Å². The van der Waals surface area contributed by atoms with Gasteiger partial charge in [-0.05, 0) is 30.5 Å². The average Bonchev–Trinajstić information content (AvgIpc) is 2.24. The van der Waals surface area contributed by atoms with Crippen molar-refractivity contribution in [3.63, 3.8) is 0 Å². The summed E-state index contributed by atoms with van der Waals surface area (Å²) in [5, 5.41) is 0.403. The van der Waals surface area contributed by atoms with E-state index >= 15 is 0 Å². The van der Waals surface area contributed by atoms with Gasteiger partial charge in [-0.3, -0.25) is 0 Å². The highest BCUT2D eigenvalue weighted by Crippen LogP contribution is 2.28. The van der Waals surface area contributed by atoms with Crippen LogP contribution in [0, 0.1) is 12.8 Å². The number of nitrogens with zero attached hydrogens (tertiary/aromatic N) is 1.